The number of nitrogens with zero attached hydrogens (tertiary/aromatic N) is 2. The number of hydrogen-bond acceptors (Lipinski definition) is 2. The highest BCUT2D eigenvalue weighted by Gasteiger charge is 2.05. The molecule has 0 N–H and O–H groups in total. The molecule has 0 spiro atoms. The molecule has 2 heteroatoms. The van der Waals surface area contributed by atoms with Crippen molar-refractivity contribution in [2.45, 2.75) is 6.92 Å². The minimum Gasteiger partial charge on any atom is -0.252 e. The molecule has 1 aromatic heterocycles. The number of fused-ring (bicyclic) bond motifs is 2. The molecular formula is C19H14N2. The van der Waals surface area contributed by atoms with Gasteiger partial charge in [-0.2, -0.15) is 0 Å². The molecule has 2 nitrogen and oxygen atoms in total. The maximum atomic E-state index is 4.75. The Bertz CT molecular complexity index is 958. The lowest BCUT2D eigenvalue weighted by molar-refractivity contribution is 1.27. The maximum absolute atomic E-state index is 4.75. The average molecular weight is 270 g/mol. The van der Waals surface area contributed by atoms with E-state index in [2.05, 4.69) is 60.4 Å². The fourth-order valence-corrected chi connectivity index (χ4v) is 2.67. The molecule has 0 saturated carbocycles. The van der Waals surface area contributed by atoms with Crippen LogP contribution in [0.1, 0.15) is 5.56 Å². The fourth-order valence-electron chi connectivity index (χ4n) is 2.67. The molecule has 0 unspecified atom stereocenters. The third kappa shape index (κ3) is 2.05. The van der Waals surface area contributed by atoms with E-state index in [-0.39, 0.29) is 0 Å². The predicted octanol–water partition coefficient (Wildman–Crippen LogP) is 4.76. The number of benzene rings is 3. The van der Waals surface area contributed by atoms with Gasteiger partial charge in [-0.05, 0) is 35.4 Å². The molecule has 3 aromatic carbocycles. The van der Waals surface area contributed by atoms with E-state index in [1.165, 1.54) is 10.8 Å². The zero-order valence-corrected chi connectivity index (χ0v) is 11.7. The largest absolute Gasteiger partial charge is 0.252 e. The Morgan fingerprint density at radius 3 is 2.57 bits per heavy atom. The van der Waals surface area contributed by atoms with Gasteiger partial charge >= 0.3 is 0 Å². The normalized spacial score (nSPS) is 11.1. The Kier molecular flexibility index (Phi) is 2.68. The first-order valence-corrected chi connectivity index (χ1v) is 7.03. The maximum Gasteiger partial charge on any atom is 0.0916 e. The van der Waals surface area contributed by atoms with E-state index in [9.17, 15) is 0 Å². The number of hydrogen-bond donors (Lipinski definition) is 0. The molecular weight excluding hydrogens is 256 g/mol. The molecule has 0 amide bonds. The van der Waals surface area contributed by atoms with Gasteiger partial charge in [-0.3, -0.25) is 4.98 Å². The molecule has 0 radical (unpaired) electrons. The van der Waals surface area contributed by atoms with Gasteiger partial charge in [0.1, 0.15) is 0 Å². The monoisotopic (exact) mass is 270 g/mol. The van der Waals surface area contributed by atoms with Gasteiger partial charge in [0.05, 0.1) is 22.9 Å². The van der Waals surface area contributed by atoms with E-state index in [1.54, 1.807) is 0 Å². The lowest BCUT2D eigenvalue weighted by atomic mass is 10.1. The smallest absolute Gasteiger partial charge is 0.0916 e. The molecule has 100 valence electrons. The Morgan fingerprint density at radius 2 is 1.67 bits per heavy atom. The highest BCUT2D eigenvalue weighted by Crippen LogP contribution is 2.24. The molecule has 1 heterocycles. The number of para-hydroxylation sites is 1. The van der Waals surface area contributed by atoms with Crippen molar-refractivity contribution in [1.29, 1.82) is 0 Å². The second-order valence-electron chi connectivity index (χ2n) is 5.26. The predicted molar refractivity (Wildman–Crippen MR) is 87.2 cm³/mol. The number of aromatic nitrogens is 2. The summed E-state index contributed by atoms with van der Waals surface area (Å²) in [6, 6.07) is 20.9. The van der Waals surface area contributed by atoms with Crippen molar-refractivity contribution in [1.82, 2.24) is 9.97 Å². The van der Waals surface area contributed by atoms with Gasteiger partial charge in [-0.15, -0.1) is 0 Å². The second-order valence-corrected chi connectivity index (χ2v) is 5.26. The molecule has 21 heavy (non-hydrogen) atoms. The van der Waals surface area contributed by atoms with Crippen molar-refractivity contribution in [3.63, 3.8) is 0 Å². The summed E-state index contributed by atoms with van der Waals surface area (Å²) < 4.78 is 0. The van der Waals surface area contributed by atoms with Crippen molar-refractivity contribution >= 4 is 21.8 Å². The van der Waals surface area contributed by atoms with Gasteiger partial charge in [0.2, 0.25) is 0 Å². The summed E-state index contributed by atoms with van der Waals surface area (Å²) >= 11 is 0. The van der Waals surface area contributed by atoms with Crippen molar-refractivity contribution in [2.75, 3.05) is 0 Å². The Morgan fingerprint density at radius 1 is 0.810 bits per heavy atom. The molecule has 4 aromatic rings. The van der Waals surface area contributed by atoms with Crippen LogP contribution in [0.3, 0.4) is 0 Å². The van der Waals surface area contributed by atoms with Gasteiger partial charge < -0.3 is 0 Å². The Hall–Kier alpha value is -2.74. The molecule has 0 saturated heterocycles. The third-order valence-corrected chi connectivity index (χ3v) is 3.82. The second kappa shape index (κ2) is 4.67. The minimum atomic E-state index is 0.916. The number of rotatable bonds is 1. The van der Waals surface area contributed by atoms with Crippen LogP contribution in [-0.2, 0) is 0 Å². The summed E-state index contributed by atoms with van der Waals surface area (Å²) in [5.41, 5.74) is 5.09. The molecule has 0 aliphatic carbocycles. The van der Waals surface area contributed by atoms with Crippen molar-refractivity contribution in [3.8, 4) is 11.3 Å². The van der Waals surface area contributed by atoms with Crippen molar-refractivity contribution in [2.24, 2.45) is 0 Å². The van der Waals surface area contributed by atoms with E-state index in [0.717, 1.165) is 27.9 Å². The van der Waals surface area contributed by atoms with Crippen molar-refractivity contribution < 1.29 is 0 Å². The van der Waals surface area contributed by atoms with E-state index < -0.39 is 0 Å². The van der Waals surface area contributed by atoms with Gasteiger partial charge in [-0.25, -0.2) is 4.98 Å². The minimum absolute atomic E-state index is 0.916. The van der Waals surface area contributed by atoms with E-state index >= 15 is 0 Å². The van der Waals surface area contributed by atoms with Crippen molar-refractivity contribution in [3.05, 3.63) is 72.4 Å². The first-order chi connectivity index (χ1) is 10.3. The van der Waals surface area contributed by atoms with Gasteiger partial charge in [0.15, 0.2) is 0 Å². The van der Waals surface area contributed by atoms with Crippen LogP contribution in [-0.4, -0.2) is 9.97 Å². The summed E-state index contributed by atoms with van der Waals surface area (Å²) in [5, 5.41) is 2.46. The van der Waals surface area contributed by atoms with Crippen LogP contribution < -0.4 is 0 Å². The molecule has 4 rings (SSSR count). The standard InChI is InChI=1S/C19H14N2/c1-13-5-4-8-17-19(13)20-12-18(21-17)16-10-9-14-6-2-3-7-15(14)11-16/h2-12H,1H3. The summed E-state index contributed by atoms with van der Waals surface area (Å²) in [6.45, 7) is 2.06. The lowest BCUT2D eigenvalue weighted by Crippen LogP contribution is -1.90. The van der Waals surface area contributed by atoms with Crippen LogP contribution in [0.15, 0.2) is 66.9 Å². The molecule has 0 aliphatic rings. The summed E-state index contributed by atoms with van der Waals surface area (Å²) in [4.78, 5) is 9.33. The molecule has 0 bridgehead atoms. The lowest BCUT2D eigenvalue weighted by Gasteiger charge is -2.06. The molecule has 0 aliphatic heterocycles. The fraction of sp³-hybridized carbons (Fsp3) is 0.0526. The SMILES string of the molecule is Cc1cccc2nc(-c3ccc4ccccc4c3)cnc12. The first kappa shape index (κ1) is 12.0. The first-order valence-electron chi connectivity index (χ1n) is 7.03. The van der Waals surface area contributed by atoms with Gasteiger partial charge in [-0.1, -0.05) is 48.5 Å². The zero-order chi connectivity index (χ0) is 14.2. The quantitative estimate of drug-likeness (QED) is 0.498. The van der Waals surface area contributed by atoms with Gasteiger partial charge in [0, 0.05) is 5.56 Å². The average Bonchev–Trinajstić information content (AvgIpc) is 2.54. The Labute approximate surface area is 123 Å². The highest BCUT2D eigenvalue weighted by atomic mass is 14.8. The van der Waals surface area contributed by atoms with Crippen LogP contribution in [0, 0.1) is 6.92 Å². The van der Waals surface area contributed by atoms with Crippen LogP contribution >= 0.6 is 0 Å². The van der Waals surface area contributed by atoms with Gasteiger partial charge in [0.25, 0.3) is 0 Å². The summed E-state index contributed by atoms with van der Waals surface area (Å²) in [6.07, 6.45) is 1.86. The van der Waals surface area contributed by atoms with E-state index in [4.69, 9.17) is 4.98 Å². The molecule has 0 fully saturated rings. The summed E-state index contributed by atoms with van der Waals surface area (Å²) in [7, 11) is 0. The van der Waals surface area contributed by atoms with Crippen LogP contribution in [0.5, 0.6) is 0 Å². The highest BCUT2D eigenvalue weighted by molar-refractivity contribution is 5.87. The summed E-state index contributed by atoms with van der Waals surface area (Å²) in [5.74, 6) is 0. The van der Waals surface area contributed by atoms with E-state index in [0.29, 0.717) is 0 Å². The van der Waals surface area contributed by atoms with Crippen LogP contribution in [0.4, 0.5) is 0 Å². The van der Waals surface area contributed by atoms with E-state index in [1.807, 2.05) is 18.3 Å². The number of aryl methyl sites for hydroxylation is 1. The van der Waals surface area contributed by atoms with Crippen LogP contribution in [0.25, 0.3) is 33.1 Å². The third-order valence-electron chi connectivity index (χ3n) is 3.82. The topological polar surface area (TPSA) is 25.8 Å². The zero-order valence-electron chi connectivity index (χ0n) is 11.7. The Balaban J connectivity index is 1.91. The van der Waals surface area contributed by atoms with Crippen LogP contribution in [0.2, 0.25) is 0 Å². The molecule has 0 atom stereocenters.